The zero-order valence-corrected chi connectivity index (χ0v) is 14.4. The van der Waals surface area contributed by atoms with Gasteiger partial charge in [0.2, 0.25) is 0 Å². The number of aromatic amines is 1. The van der Waals surface area contributed by atoms with Crippen LogP contribution in [-0.4, -0.2) is 61.5 Å². The predicted octanol–water partition coefficient (Wildman–Crippen LogP) is 1.38. The Morgan fingerprint density at radius 3 is 2.50 bits per heavy atom. The first-order chi connectivity index (χ1) is 11.4. The van der Waals surface area contributed by atoms with Crippen molar-refractivity contribution < 1.29 is 13.2 Å². The quantitative estimate of drug-likeness (QED) is 0.907. The number of hydrogen-bond donors (Lipinski definition) is 1. The summed E-state index contributed by atoms with van der Waals surface area (Å²) in [6.45, 7) is 3.73. The Balaban J connectivity index is 1.63. The SMILES string of the molecule is CS(=O)(=O)c1cccc(C(=O)N2CCN(Cc3ccc[nH]3)CC2)c1. The number of H-pyrrole nitrogens is 1. The van der Waals surface area contributed by atoms with Crippen LogP contribution in [0.3, 0.4) is 0 Å². The molecule has 1 saturated heterocycles. The van der Waals surface area contributed by atoms with Crippen molar-refractivity contribution in [2.75, 3.05) is 32.4 Å². The van der Waals surface area contributed by atoms with Gasteiger partial charge in [-0.2, -0.15) is 0 Å². The average Bonchev–Trinajstić information content (AvgIpc) is 3.07. The van der Waals surface area contributed by atoms with E-state index in [1.807, 2.05) is 18.3 Å². The molecule has 0 bridgehead atoms. The van der Waals surface area contributed by atoms with Crippen LogP contribution in [0.25, 0.3) is 0 Å². The van der Waals surface area contributed by atoms with Gasteiger partial charge in [-0.05, 0) is 30.3 Å². The summed E-state index contributed by atoms with van der Waals surface area (Å²) >= 11 is 0. The number of nitrogens with zero attached hydrogens (tertiary/aromatic N) is 2. The van der Waals surface area contributed by atoms with Crippen molar-refractivity contribution in [3.8, 4) is 0 Å². The third-order valence-electron chi connectivity index (χ3n) is 4.22. The molecule has 1 aromatic carbocycles. The van der Waals surface area contributed by atoms with Gasteiger partial charge in [-0.1, -0.05) is 6.07 Å². The van der Waals surface area contributed by atoms with E-state index in [4.69, 9.17) is 0 Å². The van der Waals surface area contributed by atoms with Crippen LogP contribution in [0, 0.1) is 0 Å². The fraction of sp³-hybridized carbons (Fsp3) is 0.353. The van der Waals surface area contributed by atoms with Gasteiger partial charge in [0, 0.05) is 56.4 Å². The molecule has 7 heteroatoms. The molecule has 24 heavy (non-hydrogen) atoms. The van der Waals surface area contributed by atoms with Gasteiger partial charge in [0.05, 0.1) is 4.90 Å². The summed E-state index contributed by atoms with van der Waals surface area (Å²) in [6.07, 6.45) is 3.06. The van der Waals surface area contributed by atoms with Gasteiger partial charge < -0.3 is 9.88 Å². The van der Waals surface area contributed by atoms with Gasteiger partial charge in [-0.25, -0.2) is 8.42 Å². The van der Waals surface area contributed by atoms with Crippen molar-refractivity contribution in [3.05, 3.63) is 53.9 Å². The van der Waals surface area contributed by atoms with E-state index in [0.717, 1.165) is 31.6 Å². The molecule has 2 heterocycles. The fourth-order valence-corrected chi connectivity index (χ4v) is 3.53. The Kier molecular flexibility index (Phi) is 4.73. The molecule has 0 unspecified atom stereocenters. The van der Waals surface area contributed by atoms with Crippen molar-refractivity contribution >= 4 is 15.7 Å². The summed E-state index contributed by atoms with van der Waals surface area (Å²) in [5.74, 6) is -0.111. The van der Waals surface area contributed by atoms with Crippen molar-refractivity contribution in [2.24, 2.45) is 0 Å². The third kappa shape index (κ3) is 3.85. The highest BCUT2D eigenvalue weighted by Gasteiger charge is 2.23. The first kappa shape index (κ1) is 16.7. The number of aromatic nitrogens is 1. The molecule has 1 aliphatic rings. The molecule has 6 nitrogen and oxygen atoms in total. The highest BCUT2D eigenvalue weighted by molar-refractivity contribution is 7.90. The monoisotopic (exact) mass is 347 g/mol. The average molecular weight is 347 g/mol. The Labute approximate surface area is 142 Å². The zero-order chi connectivity index (χ0) is 17.2. The number of hydrogen-bond acceptors (Lipinski definition) is 4. The number of carbonyl (C=O) groups excluding carboxylic acids is 1. The minimum absolute atomic E-state index is 0.111. The summed E-state index contributed by atoms with van der Waals surface area (Å²) in [7, 11) is -3.31. The summed E-state index contributed by atoms with van der Waals surface area (Å²) in [4.78, 5) is 20.1. The smallest absolute Gasteiger partial charge is 0.253 e. The number of benzene rings is 1. The summed E-state index contributed by atoms with van der Waals surface area (Å²) in [6, 6.07) is 10.3. The lowest BCUT2D eigenvalue weighted by Crippen LogP contribution is -2.48. The number of nitrogens with one attached hydrogen (secondary N) is 1. The summed E-state index contributed by atoms with van der Waals surface area (Å²) in [5, 5.41) is 0. The Bertz CT molecular complexity index is 807. The lowest BCUT2D eigenvalue weighted by atomic mass is 10.2. The van der Waals surface area contributed by atoms with Crippen LogP contribution in [0.1, 0.15) is 16.1 Å². The largest absolute Gasteiger partial charge is 0.364 e. The topological polar surface area (TPSA) is 73.5 Å². The number of rotatable bonds is 4. The van der Waals surface area contributed by atoms with Crippen molar-refractivity contribution in [2.45, 2.75) is 11.4 Å². The van der Waals surface area contributed by atoms with E-state index in [-0.39, 0.29) is 10.8 Å². The van der Waals surface area contributed by atoms with E-state index < -0.39 is 9.84 Å². The molecule has 0 aliphatic carbocycles. The first-order valence-corrected chi connectivity index (χ1v) is 9.76. The number of piperazine rings is 1. The fourth-order valence-electron chi connectivity index (χ4n) is 2.86. The number of carbonyl (C=O) groups is 1. The summed E-state index contributed by atoms with van der Waals surface area (Å²) in [5.41, 5.74) is 1.59. The van der Waals surface area contributed by atoms with Crippen LogP contribution in [0.2, 0.25) is 0 Å². The molecule has 3 rings (SSSR count). The van der Waals surface area contributed by atoms with Crippen molar-refractivity contribution in [1.82, 2.24) is 14.8 Å². The molecular formula is C17H21N3O3S. The maximum atomic E-state index is 12.6. The maximum absolute atomic E-state index is 12.6. The van der Waals surface area contributed by atoms with E-state index in [0.29, 0.717) is 18.7 Å². The number of amides is 1. The Hall–Kier alpha value is -2.12. The first-order valence-electron chi connectivity index (χ1n) is 7.87. The lowest BCUT2D eigenvalue weighted by Gasteiger charge is -2.34. The molecule has 0 saturated carbocycles. The van der Waals surface area contributed by atoms with Gasteiger partial charge in [-0.3, -0.25) is 9.69 Å². The molecule has 0 spiro atoms. The molecular weight excluding hydrogens is 326 g/mol. The lowest BCUT2D eigenvalue weighted by molar-refractivity contribution is 0.0627. The molecule has 0 atom stereocenters. The van der Waals surface area contributed by atoms with Crippen LogP contribution in [0.5, 0.6) is 0 Å². The molecule has 1 fully saturated rings. The van der Waals surface area contributed by atoms with Crippen LogP contribution in [0.15, 0.2) is 47.5 Å². The third-order valence-corrected chi connectivity index (χ3v) is 5.34. The van der Waals surface area contributed by atoms with E-state index in [1.54, 1.807) is 17.0 Å². The van der Waals surface area contributed by atoms with Crippen LogP contribution in [0.4, 0.5) is 0 Å². The van der Waals surface area contributed by atoms with E-state index in [1.165, 1.54) is 12.1 Å². The van der Waals surface area contributed by atoms with Crippen molar-refractivity contribution in [3.63, 3.8) is 0 Å². The standard InChI is InChI=1S/C17H21N3O3S/c1-24(22,23)16-6-2-4-14(12-16)17(21)20-10-8-19(9-11-20)13-15-5-3-7-18-15/h2-7,12,18H,8-11,13H2,1H3. The van der Waals surface area contributed by atoms with Gasteiger partial charge in [0.1, 0.15) is 0 Å². The second-order valence-corrected chi connectivity index (χ2v) is 8.08. The Morgan fingerprint density at radius 2 is 1.88 bits per heavy atom. The molecule has 1 aromatic heterocycles. The van der Waals surface area contributed by atoms with E-state index in [2.05, 4.69) is 9.88 Å². The highest BCUT2D eigenvalue weighted by Crippen LogP contribution is 2.15. The van der Waals surface area contributed by atoms with Crippen LogP contribution in [-0.2, 0) is 16.4 Å². The molecule has 2 aromatic rings. The van der Waals surface area contributed by atoms with Gasteiger partial charge in [0.25, 0.3) is 5.91 Å². The van der Waals surface area contributed by atoms with Gasteiger partial charge in [-0.15, -0.1) is 0 Å². The number of sulfone groups is 1. The van der Waals surface area contributed by atoms with Crippen molar-refractivity contribution in [1.29, 1.82) is 0 Å². The van der Waals surface area contributed by atoms with E-state index >= 15 is 0 Å². The molecule has 1 amide bonds. The molecule has 128 valence electrons. The van der Waals surface area contributed by atoms with Crippen LogP contribution >= 0.6 is 0 Å². The normalized spacial score (nSPS) is 16.3. The zero-order valence-electron chi connectivity index (χ0n) is 13.6. The highest BCUT2D eigenvalue weighted by atomic mass is 32.2. The maximum Gasteiger partial charge on any atom is 0.253 e. The van der Waals surface area contributed by atoms with Gasteiger partial charge >= 0.3 is 0 Å². The van der Waals surface area contributed by atoms with Crippen LogP contribution < -0.4 is 0 Å². The molecule has 0 radical (unpaired) electrons. The van der Waals surface area contributed by atoms with Gasteiger partial charge in [0.15, 0.2) is 9.84 Å². The van der Waals surface area contributed by atoms with E-state index in [9.17, 15) is 13.2 Å². The molecule has 1 N–H and O–H groups in total. The predicted molar refractivity (Wildman–Crippen MR) is 91.5 cm³/mol. The second kappa shape index (κ2) is 6.78. The second-order valence-electron chi connectivity index (χ2n) is 6.06. The summed E-state index contributed by atoms with van der Waals surface area (Å²) < 4.78 is 23.3. The Morgan fingerprint density at radius 1 is 1.12 bits per heavy atom. The molecule has 1 aliphatic heterocycles. The minimum atomic E-state index is -3.31. The minimum Gasteiger partial charge on any atom is -0.364 e.